The van der Waals surface area contributed by atoms with Crippen molar-refractivity contribution in [3.63, 3.8) is 0 Å². The third-order valence-corrected chi connectivity index (χ3v) is 7.59. The normalized spacial score (nSPS) is 17.7. The fourth-order valence-electron chi connectivity index (χ4n) is 4.61. The van der Waals surface area contributed by atoms with Crippen LogP contribution >= 0.6 is 0 Å². The number of nitrogens with zero attached hydrogens (tertiary/aromatic N) is 2. The van der Waals surface area contributed by atoms with Gasteiger partial charge in [-0.1, -0.05) is 18.2 Å². The molecule has 0 spiro atoms. The molecule has 0 saturated carbocycles. The number of nitrogens with one attached hydrogen (secondary N) is 1. The lowest BCUT2D eigenvalue weighted by molar-refractivity contribution is -0.137. The Bertz CT molecular complexity index is 1460. The SMILES string of the molecule is O=C1OCCN1c1cc(C(F)(F)F)ccc1[C@@H]1CCc2cc(S(=O)(=O)Nc3cccc(F)n3)ccc21. The van der Waals surface area contributed by atoms with Crippen LogP contribution in [0.15, 0.2) is 59.5 Å². The van der Waals surface area contributed by atoms with Gasteiger partial charge < -0.3 is 4.74 Å². The standard InChI is InChI=1S/C24H19F4N3O4S/c25-21-2-1-3-22(29-21)30-36(33,34)16-6-9-17-14(12-16)4-7-18(17)19-8-5-15(24(26,27)28)13-20(19)31-10-11-35-23(31)32/h1-3,5-6,8-9,12-13,18H,4,7,10-11H2,(H,29,30)/t18-/m1/s1. The summed E-state index contributed by atoms with van der Waals surface area (Å²) in [6.45, 7) is 0.202. The molecular formula is C24H19F4N3O4S. The van der Waals surface area contributed by atoms with Crippen molar-refractivity contribution in [2.75, 3.05) is 22.8 Å². The summed E-state index contributed by atoms with van der Waals surface area (Å²) in [4.78, 5) is 16.8. The van der Waals surface area contributed by atoms with Crippen LogP contribution in [0.1, 0.15) is 34.6 Å². The van der Waals surface area contributed by atoms with E-state index >= 15 is 0 Å². The van der Waals surface area contributed by atoms with Crippen molar-refractivity contribution in [1.82, 2.24) is 4.98 Å². The molecule has 0 radical (unpaired) electrons. The van der Waals surface area contributed by atoms with E-state index in [2.05, 4.69) is 9.71 Å². The van der Waals surface area contributed by atoms with Crippen LogP contribution < -0.4 is 9.62 Å². The Morgan fingerprint density at radius 3 is 2.53 bits per heavy atom. The zero-order valence-corrected chi connectivity index (χ0v) is 19.4. The van der Waals surface area contributed by atoms with Gasteiger partial charge >= 0.3 is 12.3 Å². The molecule has 0 unspecified atom stereocenters. The van der Waals surface area contributed by atoms with E-state index in [9.17, 15) is 30.8 Å². The summed E-state index contributed by atoms with van der Waals surface area (Å²) >= 11 is 0. The zero-order valence-electron chi connectivity index (χ0n) is 18.5. The molecule has 5 rings (SSSR count). The molecular weight excluding hydrogens is 502 g/mol. The van der Waals surface area contributed by atoms with Crippen LogP contribution in [0, 0.1) is 5.95 Å². The van der Waals surface area contributed by atoms with Crippen molar-refractivity contribution in [3.05, 3.63) is 82.8 Å². The fourth-order valence-corrected chi connectivity index (χ4v) is 5.66. The average molecular weight is 521 g/mol. The minimum absolute atomic E-state index is 0.0521. The number of aromatic nitrogens is 1. The maximum Gasteiger partial charge on any atom is 0.416 e. The first-order valence-electron chi connectivity index (χ1n) is 11.0. The van der Waals surface area contributed by atoms with Gasteiger partial charge in [0.15, 0.2) is 0 Å². The maximum atomic E-state index is 13.4. The number of hydrogen-bond donors (Lipinski definition) is 1. The van der Waals surface area contributed by atoms with Gasteiger partial charge in [0.2, 0.25) is 5.95 Å². The lowest BCUT2D eigenvalue weighted by atomic mass is 9.90. The first-order chi connectivity index (χ1) is 17.0. The summed E-state index contributed by atoms with van der Waals surface area (Å²) < 4.78 is 86.4. The summed E-state index contributed by atoms with van der Waals surface area (Å²) in [5.74, 6) is -1.35. The number of fused-ring (bicyclic) bond motifs is 1. The third kappa shape index (κ3) is 4.48. The Labute approximate surface area is 203 Å². The van der Waals surface area contributed by atoms with Crippen LogP contribution in [-0.4, -0.2) is 32.6 Å². The largest absolute Gasteiger partial charge is 0.447 e. The Kier molecular flexibility index (Phi) is 5.86. The molecule has 12 heteroatoms. The van der Waals surface area contributed by atoms with Crippen molar-refractivity contribution in [3.8, 4) is 0 Å². The van der Waals surface area contributed by atoms with Gasteiger partial charge in [-0.2, -0.15) is 17.6 Å². The highest BCUT2D eigenvalue weighted by Crippen LogP contribution is 2.45. The lowest BCUT2D eigenvalue weighted by Gasteiger charge is -2.23. The number of alkyl halides is 3. The van der Waals surface area contributed by atoms with Crippen molar-refractivity contribution in [2.24, 2.45) is 0 Å². The van der Waals surface area contributed by atoms with Crippen LogP contribution in [0.3, 0.4) is 0 Å². The van der Waals surface area contributed by atoms with E-state index in [0.717, 1.165) is 23.8 Å². The van der Waals surface area contributed by atoms with Gasteiger partial charge in [-0.3, -0.25) is 9.62 Å². The summed E-state index contributed by atoms with van der Waals surface area (Å²) in [6, 6.07) is 11.5. The second kappa shape index (κ2) is 8.77. The average Bonchev–Trinajstić information content (AvgIpc) is 3.43. The van der Waals surface area contributed by atoms with Crippen LogP contribution in [0.2, 0.25) is 0 Å². The molecule has 188 valence electrons. The Morgan fingerprint density at radius 1 is 1.06 bits per heavy atom. The number of cyclic esters (lactones) is 1. The van der Waals surface area contributed by atoms with Gasteiger partial charge in [-0.05, 0) is 65.9 Å². The number of pyridine rings is 1. The number of sulfonamides is 1. The lowest BCUT2D eigenvalue weighted by Crippen LogP contribution is -2.26. The summed E-state index contributed by atoms with van der Waals surface area (Å²) in [6.07, 6.45) is -4.31. The summed E-state index contributed by atoms with van der Waals surface area (Å²) in [7, 11) is -4.06. The topological polar surface area (TPSA) is 88.6 Å². The number of aryl methyl sites for hydroxylation is 1. The monoisotopic (exact) mass is 521 g/mol. The van der Waals surface area contributed by atoms with Crippen LogP contribution in [0.4, 0.5) is 33.9 Å². The number of halogens is 4. The number of benzene rings is 2. The highest BCUT2D eigenvalue weighted by molar-refractivity contribution is 7.92. The molecule has 1 aliphatic heterocycles. The second-order valence-electron chi connectivity index (χ2n) is 8.44. The number of amides is 1. The van der Waals surface area contributed by atoms with Gasteiger partial charge in [-0.15, -0.1) is 0 Å². The molecule has 2 aromatic carbocycles. The van der Waals surface area contributed by atoms with Crippen molar-refractivity contribution in [1.29, 1.82) is 0 Å². The predicted molar refractivity (Wildman–Crippen MR) is 122 cm³/mol. The van der Waals surface area contributed by atoms with Gasteiger partial charge in [0, 0.05) is 5.92 Å². The fraction of sp³-hybridized carbons (Fsp3) is 0.250. The molecule has 1 saturated heterocycles. The third-order valence-electron chi connectivity index (χ3n) is 6.24. The van der Waals surface area contributed by atoms with E-state index in [-0.39, 0.29) is 35.5 Å². The molecule has 1 aliphatic carbocycles. The summed E-state index contributed by atoms with van der Waals surface area (Å²) in [5, 5.41) is 0. The molecule has 1 amide bonds. The molecule has 36 heavy (non-hydrogen) atoms. The summed E-state index contributed by atoms with van der Waals surface area (Å²) in [5.41, 5.74) is 1.24. The molecule has 7 nitrogen and oxygen atoms in total. The molecule has 1 aromatic heterocycles. The van der Waals surface area contributed by atoms with E-state index in [0.29, 0.717) is 24.0 Å². The number of carbonyl (C=O) groups is 1. The molecule has 3 aromatic rings. The number of ether oxygens (including phenoxy) is 1. The first kappa shape index (κ1) is 24.0. The molecule has 0 bridgehead atoms. The predicted octanol–water partition coefficient (Wildman–Crippen LogP) is 5.08. The van der Waals surface area contributed by atoms with Gasteiger partial charge in [-0.25, -0.2) is 18.2 Å². The Balaban J connectivity index is 1.50. The molecule has 2 aliphatic rings. The number of hydrogen-bond acceptors (Lipinski definition) is 5. The van der Waals surface area contributed by atoms with Crippen LogP contribution in [0.25, 0.3) is 0 Å². The smallest absolute Gasteiger partial charge is 0.416 e. The van der Waals surface area contributed by atoms with Crippen LogP contribution in [0.5, 0.6) is 0 Å². The van der Waals surface area contributed by atoms with Crippen LogP contribution in [-0.2, 0) is 27.4 Å². The minimum atomic E-state index is -4.59. The highest BCUT2D eigenvalue weighted by Gasteiger charge is 2.36. The second-order valence-corrected chi connectivity index (χ2v) is 10.1. The van der Waals surface area contributed by atoms with E-state index < -0.39 is 33.8 Å². The van der Waals surface area contributed by atoms with E-state index in [4.69, 9.17) is 4.74 Å². The Hall–Kier alpha value is -3.67. The maximum absolute atomic E-state index is 13.4. The highest BCUT2D eigenvalue weighted by atomic mass is 32.2. The van der Waals surface area contributed by atoms with E-state index in [1.54, 1.807) is 6.07 Å². The van der Waals surface area contributed by atoms with Crippen molar-refractivity contribution in [2.45, 2.75) is 29.8 Å². The number of rotatable bonds is 5. The van der Waals surface area contributed by atoms with Crippen molar-refractivity contribution >= 4 is 27.6 Å². The number of anilines is 2. The quantitative estimate of drug-likeness (QED) is 0.374. The van der Waals surface area contributed by atoms with Crippen molar-refractivity contribution < 1.29 is 35.5 Å². The molecule has 1 fully saturated rings. The van der Waals surface area contributed by atoms with E-state index in [1.807, 2.05) is 0 Å². The number of carbonyl (C=O) groups excluding carboxylic acids is 1. The Morgan fingerprint density at radius 2 is 1.83 bits per heavy atom. The van der Waals surface area contributed by atoms with E-state index in [1.165, 1.54) is 35.2 Å². The molecule has 1 N–H and O–H groups in total. The van der Waals surface area contributed by atoms with Gasteiger partial charge in [0.05, 0.1) is 22.7 Å². The van der Waals surface area contributed by atoms with Gasteiger partial charge in [0.1, 0.15) is 12.4 Å². The molecule has 1 atom stereocenters. The van der Waals surface area contributed by atoms with Gasteiger partial charge in [0.25, 0.3) is 10.0 Å². The minimum Gasteiger partial charge on any atom is -0.447 e. The molecule has 2 heterocycles. The zero-order chi connectivity index (χ0) is 25.7. The first-order valence-corrected chi connectivity index (χ1v) is 12.4.